The lowest BCUT2D eigenvalue weighted by atomic mass is 10.0. The van der Waals surface area contributed by atoms with Gasteiger partial charge in [-0.15, -0.1) is 0 Å². The van der Waals surface area contributed by atoms with Crippen molar-refractivity contribution in [3.05, 3.63) is 63.6 Å². The number of nitrogens with two attached hydrogens (primary N) is 2. The third kappa shape index (κ3) is 5.40. The van der Waals surface area contributed by atoms with Crippen LogP contribution in [0.3, 0.4) is 0 Å². The van der Waals surface area contributed by atoms with Crippen LogP contribution < -0.4 is 21.5 Å². The van der Waals surface area contributed by atoms with E-state index in [0.29, 0.717) is 43.9 Å². The van der Waals surface area contributed by atoms with Crippen LogP contribution in [0.5, 0.6) is 5.75 Å². The molecule has 0 spiro atoms. The molecule has 2 heterocycles. The highest BCUT2D eigenvalue weighted by Gasteiger charge is 2.24. The Morgan fingerprint density at radius 3 is 2.57 bits per heavy atom. The van der Waals surface area contributed by atoms with Crippen molar-refractivity contribution in [1.29, 1.82) is 0 Å². The largest absolute Gasteiger partial charge is 0.496 e. The van der Waals surface area contributed by atoms with E-state index in [1.165, 1.54) is 11.8 Å². The van der Waals surface area contributed by atoms with Gasteiger partial charge in [-0.2, -0.15) is 5.10 Å². The van der Waals surface area contributed by atoms with Gasteiger partial charge in [0.1, 0.15) is 28.5 Å². The minimum absolute atomic E-state index is 0.0214. The number of rotatable bonds is 8. The van der Waals surface area contributed by atoms with Crippen LogP contribution in [0, 0.1) is 0 Å². The molecule has 10 nitrogen and oxygen atoms in total. The molecule has 0 saturated carbocycles. The topological polar surface area (TPSA) is 151 Å². The summed E-state index contributed by atoms with van der Waals surface area (Å²) in [5.74, 6) is -0.282. The molecular formula is C25H24Cl2N6O4. The van der Waals surface area contributed by atoms with Crippen molar-refractivity contribution < 1.29 is 18.8 Å². The Morgan fingerprint density at radius 2 is 1.92 bits per heavy atom. The molecule has 4 rings (SSSR count). The quantitative estimate of drug-likeness (QED) is 0.284. The Morgan fingerprint density at radius 1 is 1.16 bits per heavy atom. The standard InChI is InChI=1S/C25H24Cl2N6O4/c1-12(2)33-24(28)22(25(29)35)23(31-33)14-5-4-13(19(8-14)36-3)9-20(34)30-21-11-18(32-37-21)16-7-6-15(26)10-17(16)27/h4-8,10-12H,9,28H2,1-3H3,(H2,29,35)(H,30,34). The van der Waals surface area contributed by atoms with E-state index in [1.807, 2.05) is 13.8 Å². The fourth-order valence-corrected chi connectivity index (χ4v) is 4.34. The molecule has 0 fully saturated rings. The van der Waals surface area contributed by atoms with E-state index in [-0.39, 0.29) is 35.6 Å². The van der Waals surface area contributed by atoms with Gasteiger partial charge in [0.05, 0.1) is 18.6 Å². The van der Waals surface area contributed by atoms with Gasteiger partial charge in [0.25, 0.3) is 5.91 Å². The van der Waals surface area contributed by atoms with Gasteiger partial charge in [0.2, 0.25) is 11.8 Å². The number of carbonyl (C=O) groups is 2. The number of aromatic nitrogens is 3. The molecule has 0 radical (unpaired) electrons. The van der Waals surface area contributed by atoms with Crippen LogP contribution >= 0.6 is 23.2 Å². The first-order valence-electron chi connectivity index (χ1n) is 11.2. The monoisotopic (exact) mass is 542 g/mol. The van der Waals surface area contributed by atoms with Crippen LogP contribution in [0.25, 0.3) is 22.5 Å². The van der Waals surface area contributed by atoms with E-state index >= 15 is 0 Å². The van der Waals surface area contributed by atoms with Crippen LogP contribution in [0.2, 0.25) is 10.0 Å². The lowest BCUT2D eigenvalue weighted by Gasteiger charge is -2.10. The van der Waals surface area contributed by atoms with Gasteiger partial charge in [-0.25, -0.2) is 4.68 Å². The van der Waals surface area contributed by atoms with Crippen LogP contribution in [-0.2, 0) is 11.2 Å². The smallest absolute Gasteiger partial charge is 0.254 e. The normalized spacial score (nSPS) is 11.1. The van der Waals surface area contributed by atoms with Crippen LogP contribution in [-0.4, -0.2) is 33.9 Å². The molecule has 0 atom stereocenters. The molecule has 37 heavy (non-hydrogen) atoms. The third-order valence-corrected chi connectivity index (χ3v) is 6.12. The van der Waals surface area contributed by atoms with Crippen LogP contribution in [0.15, 0.2) is 47.0 Å². The lowest BCUT2D eigenvalue weighted by molar-refractivity contribution is -0.115. The summed E-state index contributed by atoms with van der Waals surface area (Å²) < 4.78 is 12.3. The number of methoxy groups -OCH3 is 1. The maximum atomic E-state index is 12.7. The first-order chi connectivity index (χ1) is 17.6. The molecule has 0 unspecified atom stereocenters. The molecular weight excluding hydrogens is 519 g/mol. The number of hydrogen-bond donors (Lipinski definition) is 3. The van der Waals surface area contributed by atoms with Gasteiger partial charge < -0.3 is 20.7 Å². The Kier molecular flexibility index (Phi) is 7.42. The molecule has 0 aliphatic rings. The van der Waals surface area contributed by atoms with Crippen molar-refractivity contribution in [1.82, 2.24) is 14.9 Å². The Balaban J connectivity index is 1.54. The summed E-state index contributed by atoms with van der Waals surface area (Å²) in [7, 11) is 1.48. The molecule has 2 amide bonds. The summed E-state index contributed by atoms with van der Waals surface area (Å²) in [6, 6.07) is 11.6. The van der Waals surface area contributed by atoms with Crippen LogP contribution in [0.4, 0.5) is 11.7 Å². The number of carbonyl (C=O) groups excluding carboxylic acids is 2. The first-order valence-corrected chi connectivity index (χ1v) is 11.9. The Hall–Kier alpha value is -4.02. The number of primary amides is 1. The fraction of sp³-hybridized carbons (Fsp3) is 0.200. The lowest BCUT2D eigenvalue weighted by Crippen LogP contribution is -2.15. The van der Waals surface area contributed by atoms with Crippen molar-refractivity contribution in [3.63, 3.8) is 0 Å². The average Bonchev–Trinajstić information content (AvgIpc) is 3.43. The third-order valence-electron chi connectivity index (χ3n) is 5.57. The molecule has 0 bridgehead atoms. The second-order valence-electron chi connectivity index (χ2n) is 8.46. The van der Waals surface area contributed by atoms with Gasteiger partial charge in [0, 0.05) is 33.8 Å². The number of amides is 2. The number of nitrogens with one attached hydrogen (secondary N) is 1. The predicted molar refractivity (Wildman–Crippen MR) is 142 cm³/mol. The van der Waals surface area contributed by atoms with E-state index in [9.17, 15) is 9.59 Å². The second kappa shape index (κ2) is 10.5. The van der Waals surface area contributed by atoms with Crippen LogP contribution in [0.1, 0.15) is 35.8 Å². The minimum atomic E-state index is -0.687. The van der Waals surface area contributed by atoms with Crippen molar-refractivity contribution >= 4 is 46.7 Å². The van der Waals surface area contributed by atoms with Gasteiger partial charge in [-0.3, -0.25) is 14.9 Å². The van der Waals surface area contributed by atoms with Gasteiger partial charge in [-0.05, 0) is 38.1 Å². The predicted octanol–water partition coefficient (Wildman–Crippen LogP) is 4.96. The zero-order valence-electron chi connectivity index (χ0n) is 20.2. The molecule has 0 aliphatic heterocycles. The second-order valence-corrected chi connectivity index (χ2v) is 9.31. The minimum Gasteiger partial charge on any atom is -0.496 e. The molecule has 5 N–H and O–H groups in total. The number of nitrogens with zero attached hydrogens (tertiary/aromatic N) is 3. The molecule has 4 aromatic rings. The van der Waals surface area contributed by atoms with Crippen molar-refractivity contribution in [2.45, 2.75) is 26.3 Å². The van der Waals surface area contributed by atoms with E-state index in [4.69, 9.17) is 43.9 Å². The zero-order chi connectivity index (χ0) is 26.9. The SMILES string of the molecule is COc1cc(-c2nn(C(C)C)c(N)c2C(N)=O)ccc1CC(=O)Nc1cc(-c2ccc(Cl)cc2Cl)no1. The van der Waals surface area contributed by atoms with Crippen molar-refractivity contribution in [2.24, 2.45) is 5.73 Å². The first kappa shape index (κ1) is 26.1. The summed E-state index contributed by atoms with van der Waals surface area (Å²) in [6.07, 6.45) is -0.0214. The number of ether oxygens (including phenoxy) is 1. The highest BCUT2D eigenvalue weighted by molar-refractivity contribution is 6.36. The van der Waals surface area contributed by atoms with E-state index in [2.05, 4.69) is 15.6 Å². The van der Waals surface area contributed by atoms with E-state index in [0.717, 1.165) is 0 Å². The molecule has 192 valence electrons. The number of nitrogen functional groups attached to an aromatic ring is 1. The van der Waals surface area contributed by atoms with E-state index in [1.54, 1.807) is 42.5 Å². The Labute approximate surface area is 222 Å². The fourth-order valence-electron chi connectivity index (χ4n) is 3.84. The number of halogens is 2. The summed E-state index contributed by atoms with van der Waals surface area (Å²) >= 11 is 12.2. The number of anilines is 2. The maximum Gasteiger partial charge on any atom is 0.254 e. The highest BCUT2D eigenvalue weighted by Crippen LogP contribution is 2.33. The summed E-state index contributed by atoms with van der Waals surface area (Å²) in [6.45, 7) is 3.78. The van der Waals surface area contributed by atoms with E-state index < -0.39 is 5.91 Å². The molecule has 0 saturated heterocycles. The molecule has 0 aliphatic carbocycles. The molecule has 2 aromatic carbocycles. The molecule has 12 heteroatoms. The average molecular weight is 543 g/mol. The maximum absolute atomic E-state index is 12.7. The highest BCUT2D eigenvalue weighted by atomic mass is 35.5. The van der Waals surface area contributed by atoms with Gasteiger partial charge in [0.15, 0.2) is 0 Å². The van der Waals surface area contributed by atoms with Crippen molar-refractivity contribution in [2.75, 3.05) is 18.2 Å². The Bertz CT molecular complexity index is 1490. The number of hydrogen-bond acceptors (Lipinski definition) is 7. The van der Waals surface area contributed by atoms with Crippen molar-refractivity contribution in [3.8, 4) is 28.3 Å². The summed E-state index contributed by atoms with van der Waals surface area (Å²) in [5, 5.41) is 12.0. The zero-order valence-corrected chi connectivity index (χ0v) is 21.7. The number of benzene rings is 2. The molecule has 2 aromatic heterocycles. The summed E-state index contributed by atoms with van der Waals surface area (Å²) in [5.41, 5.74) is 14.4. The van der Waals surface area contributed by atoms with Gasteiger partial charge in [-0.1, -0.05) is 40.5 Å². The summed E-state index contributed by atoms with van der Waals surface area (Å²) in [4.78, 5) is 24.8. The van der Waals surface area contributed by atoms with Gasteiger partial charge >= 0.3 is 0 Å².